The van der Waals surface area contributed by atoms with Crippen LogP contribution in [0.5, 0.6) is 0 Å². The van der Waals surface area contributed by atoms with E-state index in [0.29, 0.717) is 23.3 Å². The van der Waals surface area contributed by atoms with Gasteiger partial charge in [-0.25, -0.2) is 9.37 Å². The van der Waals surface area contributed by atoms with E-state index in [1.165, 1.54) is 24.3 Å². The van der Waals surface area contributed by atoms with Crippen molar-refractivity contribution in [3.8, 4) is 11.5 Å². The first-order chi connectivity index (χ1) is 17.1. The van der Waals surface area contributed by atoms with Crippen molar-refractivity contribution in [2.45, 2.75) is 19.5 Å². The van der Waals surface area contributed by atoms with Crippen molar-refractivity contribution < 1.29 is 31.6 Å². The molecule has 2 amide bonds. The van der Waals surface area contributed by atoms with Crippen LogP contribution in [-0.4, -0.2) is 16.8 Å². The van der Waals surface area contributed by atoms with Gasteiger partial charge in [-0.3, -0.25) is 9.59 Å². The van der Waals surface area contributed by atoms with Crippen LogP contribution in [0.3, 0.4) is 0 Å². The molecule has 3 aromatic carbocycles. The second-order valence-corrected chi connectivity index (χ2v) is 7.80. The molecule has 0 saturated carbocycles. The van der Waals surface area contributed by atoms with E-state index in [2.05, 4.69) is 15.6 Å². The van der Waals surface area contributed by atoms with Gasteiger partial charge in [0, 0.05) is 11.3 Å². The van der Waals surface area contributed by atoms with E-state index in [9.17, 15) is 27.2 Å². The van der Waals surface area contributed by atoms with Crippen molar-refractivity contribution in [3.63, 3.8) is 0 Å². The third kappa shape index (κ3) is 5.60. The van der Waals surface area contributed by atoms with Gasteiger partial charge in [0.1, 0.15) is 11.6 Å². The summed E-state index contributed by atoms with van der Waals surface area (Å²) >= 11 is 0. The molecule has 1 heterocycles. The summed E-state index contributed by atoms with van der Waals surface area (Å²) in [5, 5.41) is 4.49. The highest BCUT2D eigenvalue weighted by Crippen LogP contribution is 2.37. The fourth-order valence-corrected chi connectivity index (χ4v) is 3.45. The van der Waals surface area contributed by atoms with Crippen molar-refractivity contribution >= 4 is 23.2 Å². The smallest absolute Gasteiger partial charge is 0.418 e. The van der Waals surface area contributed by atoms with E-state index in [0.717, 1.165) is 12.1 Å². The van der Waals surface area contributed by atoms with Gasteiger partial charge < -0.3 is 15.1 Å². The molecule has 6 nitrogen and oxygen atoms in total. The predicted molar refractivity (Wildman–Crippen MR) is 125 cm³/mol. The molecule has 0 aliphatic heterocycles. The minimum Gasteiger partial charge on any atom is -0.441 e. The number of nitrogens with zero attached hydrogens (tertiary/aromatic N) is 1. The number of aryl methyl sites for hydroxylation is 1. The summed E-state index contributed by atoms with van der Waals surface area (Å²) in [6.07, 6.45) is -5.16. The Kier molecular flexibility index (Phi) is 6.86. The monoisotopic (exact) mass is 497 g/mol. The molecule has 2 N–H and O–H groups in total. The number of hydrogen-bond donors (Lipinski definition) is 2. The Bertz CT molecular complexity index is 1420. The van der Waals surface area contributed by atoms with E-state index in [1.54, 1.807) is 31.2 Å². The maximum absolute atomic E-state index is 13.8. The Morgan fingerprint density at radius 1 is 0.944 bits per heavy atom. The van der Waals surface area contributed by atoms with Gasteiger partial charge in [0.2, 0.25) is 11.8 Å². The van der Waals surface area contributed by atoms with E-state index in [4.69, 9.17) is 4.42 Å². The molecule has 0 fully saturated rings. The Morgan fingerprint density at radius 2 is 1.64 bits per heavy atom. The van der Waals surface area contributed by atoms with Gasteiger partial charge in [0.25, 0.3) is 5.91 Å². The van der Waals surface area contributed by atoms with Gasteiger partial charge in [-0.1, -0.05) is 30.3 Å². The summed E-state index contributed by atoms with van der Waals surface area (Å²) in [5.41, 5.74) is -1.23. The highest BCUT2D eigenvalue weighted by atomic mass is 19.4. The SMILES string of the molecule is Cc1oc(-c2ccccc2)nc1CC(=O)Nc1ccc(NC(=O)c2ccccc2F)cc1C(F)(F)F. The number of amides is 2. The first-order valence-electron chi connectivity index (χ1n) is 10.7. The van der Waals surface area contributed by atoms with Crippen molar-refractivity contribution in [1.82, 2.24) is 4.98 Å². The number of carbonyl (C=O) groups is 2. The number of nitrogens with one attached hydrogen (secondary N) is 2. The van der Waals surface area contributed by atoms with Crippen LogP contribution in [0.15, 0.2) is 77.2 Å². The molecular formula is C26H19F4N3O3. The van der Waals surface area contributed by atoms with Gasteiger partial charge in [-0.05, 0) is 49.4 Å². The molecule has 1 aromatic heterocycles. The number of hydrogen-bond acceptors (Lipinski definition) is 4. The van der Waals surface area contributed by atoms with Gasteiger partial charge in [-0.15, -0.1) is 0 Å². The summed E-state index contributed by atoms with van der Waals surface area (Å²) in [4.78, 5) is 29.1. The predicted octanol–water partition coefficient (Wildman–Crippen LogP) is 6.24. The zero-order valence-electron chi connectivity index (χ0n) is 18.8. The van der Waals surface area contributed by atoms with Crippen LogP contribution >= 0.6 is 0 Å². The standard InChI is InChI=1S/C26H19F4N3O3/c1-15-22(33-25(36-15)16-7-3-2-4-8-16)14-23(34)32-21-12-11-17(13-19(21)26(28,29)30)31-24(35)18-9-5-6-10-20(18)27/h2-13H,14H2,1H3,(H,31,35)(H,32,34). The fraction of sp³-hybridized carbons (Fsp3) is 0.115. The van der Waals surface area contributed by atoms with Crippen LogP contribution in [0.2, 0.25) is 0 Å². The first-order valence-corrected chi connectivity index (χ1v) is 10.7. The number of anilines is 2. The molecular weight excluding hydrogens is 478 g/mol. The maximum Gasteiger partial charge on any atom is 0.418 e. The van der Waals surface area contributed by atoms with E-state index >= 15 is 0 Å². The highest BCUT2D eigenvalue weighted by molar-refractivity contribution is 6.04. The van der Waals surface area contributed by atoms with Crippen LogP contribution in [-0.2, 0) is 17.4 Å². The number of halogens is 4. The van der Waals surface area contributed by atoms with Gasteiger partial charge >= 0.3 is 6.18 Å². The molecule has 36 heavy (non-hydrogen) atoms. The molecule has 10 heteroatoms. The molecule has 4 aromatic rings. The normalized spacial score (nSPS) is 11.2. The van der Waals surface area contributed by atoms with E-state index in [1.807, 2.05) is 6.07 Å². The summed E-state index contributed by atoms with van der Waals surface area (Å²) in [5.74, 6) is -1.80. The van der Waals surface area contributed by atoms with Gasteiger partial charge in [-0.2, -0.15) is 13.2 Å². The van der Waals surface area contributed by atoms with Crippen molar-refractivity contribution in [3.05, 3.63) is 101 Å². The quantitative estimate of drug-likeness (QED) is 0.309. The molecule has 0 bridgehead atoms. The second kappa shape index (κ2) is 10.0. The first kappa shape index (κ1) is 24.6. The van der Waals surface area contributed by atoms with Crippen molar-refractivity contribution in [2.75, 3.05) is 10.6 Å². The Morgan fingerprint density at radius 3 is 2.33 bits per heavy atom. The molecule has 0 atom stereocenters. The lowest BCUT2D eigenvalue weighted by molar-refractivity contribution is -0.136. The van der Waals surface area contributed by atoms with Crippen LogP contribution in [0, 0.1) is 12.7 Å². The number of alkyl halides is 3. The number of rotatable bonds is 6. The minimum absolute atomic E-state index is 0.214. The fourth-order valence-electron chi connectivity index (χ4n) is 3.45. The number of oxazole rings is 1. The molecule has 184 valence electrons. The van der Waals surface area contributed by atoms with Crippen LogP contribution in [0.25, 0.3) is 11.5 Å². The largest absolute Gasteiger partial charge is 0.441 e. The summed E-state index contributed by atoms with van der Waals surface area (Å²) in [6, 6.07) is 16.9. The zero-order chi connectivity index (χ0) is 25.9. The van der Waals surface area contributed by atoms with E-state index in [-0.39, 0.29) is 23.4 Å². The van der Waals surface area contributed by atoms with Crippen molar-refractivity contribution in [1.29, 1.82) is 0 Å². The molecule has 0 unspecified atom stereocenters. The molecule has 0 aliphatic rings. The molecule has 0 saturated heterocycles. The van der Waals surface area contributed by atoms with Gasteiger partial charge in [0.15, 0.2) is 0 Å². The topological polar surface area (TPSA) is 84.2 Å². The summed E-state index contributed by atoms with van der Waals surface area (Å²) < 4.78 is 60.6. The Labute approximate surface area is 203 Å². The van der Waals surface area contributed by atoms with Gasteiger partial charge in [0.05, 0.1) is 28.9 Å². The number of carbonyl (C=O) groups excluding carboxylic acids is 2. The minimum atomic E-state index is -4.84. The highest BCUT2D eigenvalue weighted by Gasteiger charge is 2.34. The third-order valence-corrected chi connectivity index (χ3v) is 5.22. The lowest BCUT2D eigenvalue weighted by Crippen LogP contribution is -2.20. The average Bonchev–Trinajstić information content (AvgIpc) is 3.20. The Hall–Kier alpha value is -4.47. The second-order valence-electron chi connectivity index (χ2n) is 7.80. The maximum atomic E-state index is 13.8. The molecule has 4 rings (SSSR count). The van der Waals surface area contributed by atoms with Crippen molar-refractivity contribution in [2.24, 2.45) is 0 Å². The van der Waals surface area contributed by atoms with Crippen LogP contribution in [0.4, 0.5) is 28.9 Å². The average molecular weight is 497 g/mol. The van der Waals surface area contributed by atoms with Crippen LogP contribution < -0.4 is 10.6 Å². The lowest BCUT2D eigenvalue weighted by atomic mass is 10.1. The number of benzene rings is 3. The zero-order valence-corrected chi connectivity index (χ0v) is 18.8. The molecule has 0 aliphatic carbocycles. The summed E-state index contributed by atoms with van der Waals surface area (Å²) in [7, 11) is 0. The molecule has 0 spiro atoms. The third-order valence-electron chi connectivity index (χ3n) is 5.22. The Balaban J connectivity index is 1.52. The number of aromatic nitrogens is 1. The molecule has 0 radical (unpaired) electrons. The lowest BCUT2D eigenvalue weighted by Gasteiger charge is -2.16. The van der Waals surface area contributed by atoms with E-state index < -0.39 is 35.1 Å². The van der Waals surface area contributed by atoms with Crippen LogP contribution in [0.1, 0.15) is 27.4 Å². The summed E-state index contributed by atoms with van der Waals surface area (Å²) in [6.45, 7) is 1.61.